The van der Waals surface area contributed by atoms with Crippen molar-refractivity contribution in [3.63, 3.8) is 0 Å². The molecule has 2 aromatic carbocycles. The van der Waals surface area contributed by atoms with Crippen LogP contribution in [0.15, 0.2) is 54.7 Å². The zero-order valence-corrected chi connectivity index (χ0v) is 14.9. The standard InChI is InChI=1S/C18H13Cl2FN4O/c19-13-6-5-12(9-14(13)20)24-18-22-8-7-16(25-18)17(26)23-10-11-3-1-2-4-15(11)21/h1-9H,10H2,(H,23,26)(H,22,24,25). The second kappa shape index (κ2) is 8.12. The Labute approximate surface area is 159 Å². The van der Waals surface area contributed by atoms with Gasteiger partial charge in [0.1, 0.15) is 11.5 Å². The molecule has 0 unspecified atom stereocenters. The van der Waals surface area contributed by atoms with E-state index in [0.29, 0.717) is 21.3 Å². The highest BCUT2D eigenvalue weighted by atomic mass is 35.5. The van der Waals surface area contributed by atoms with Crippen molar-refractivity contribution in [2.24, 2.45) is 0 Å². The molecular weight excluding hydrogens is 378 g/mol. The summed E-state index contributed by atoms with van der Waals surface area (Å²) in [7, 11) is 0. The third-order valence-corrected chi connectivity index (χ3v) is 4.20. The highest BCUT2D eigenvalue weighted by molar-refractivity contribution is 6.42. The highest BCUT2D eigenvalue weighted by Crippen LogP contribution is 2.26. The number of amides is 1. The molecule has 0 atom stereocenters. The number of halogens is 3. The van der Waals surface area contributed by atoms with Gasteiger partial charge in [0, 0.05) is 24.0 Å². The predicted molar refractivity (Wildman–Crippen MR) is 99.3 cm³/mol. The predicted octanol–water partition coefficient (Wildman–Crippen LogP) is 4.60. The molecule has 2 N–H and O–H groups in total. The Bertz CT molecular complexity index is 952. The minimum absolute atomic E-state index is 0.0606. The molecule has 1 aromatic heterocycles. The second-order valence-electron chi connectivity index (χ2n) is 5.29. The van der Waals surface area contributed by atoms with Gasteiger partial charge in [-0.3, -0.25) is 4.79 Å². The molecule has 0 spiro atoms. The lowest BCUT2D eigenvalue weighted by Crippen LogP contribution is -2.24. The maximum atomic E-state index is 13.6. The first-order chi connectivity index (χ1) is 12.5. The van der Waals surface area contributed by atoms with Gasteiger partial charge < -0.3 is 10.6 Å². The summed E-state index contributed by atoms with van der Waals surface area (Å²) >= 11 is 11.8. The van der Waals surface area contributed by atoms with Crippen LogP contribution in [0.4, 0.5) is 16.0 Å². The van der Waals surface area contributed by atoms with Gasteiger partial charge in [0.05, 0.1) is 10.0 Å². The lowest BCUT2D eigenvalue weighted by Gasteiger charge is -2.08. The van der Waals surface area contributed by atoms with Crippen LogP contribution in [-0.4, -0.2) is 15.9 Å². The maximum absolute atomic E-state index is 13.6. The number of carbonyl (C=O) groups excluding carboxylic acids is 1. The molecule has 3 rings (SSSR count). The zero-order valence-electron chi connectivity index (χ0n) is 13.3. The van der Waals surface area contributed by atoms with Crippen LogP contribution in [0.2, 0.25) is 10.0 Å². The first kappa shape index (κ1) is 18.1. The Kier molecular flexibility index (Phi) is 5.65. The largest absolute Gasteiger partial charge is 0.347 e. The van der Waals surface area contributed by atoms with Crippen molar-refractivity contribution in [2.45, 2.75) is 6.54 Å². The topological polar surface area (TPSA) is 66.9 Å². The summed E-state index contributed by atoms with van der Waals surface area (Å²) in [4.78, 5) is 20.5. The molecule has 26 heavy (non-hydrogen) atoms. The fourth-order valence-corrected chi connectivity index (χ4v) is 2.45. The summed E-state index contributed by atoms with van der Waals surface area (Å²) in [5, 5.41) is 6.39. The van der Waals surface area contributed by atoms with Crippen LogP contribution in [0.1, 0.15) is 16.1 Å². The molecule has 8 heteroatoms. The summed E-state index contributed by atoms with van der Waals surface area (Å²) in [5.41, 5.74) is 1.17. The molecule has 132 valence electrons. The van der Waals surface area contributed by atoms with Crippen LogP contribution in [0, 0.1) is 5.82 Å². The smallest absolute Gasteiger partial charge is 0.270 e. The fraction of sp³-hybridized carbons (Fsp3) is 0.0556. The number of benzene rings is 2. The van der Waals surface area contributed by atoms with Crippen LogP contribution >= 0.6 is 23.2 Å². The molecule has 1 heterocycles. The van der Waals surface area contributed by atoms with Crippen molar-refractivity contribution in [3.05, 3.63) is 81.8 Å². The van der Waals surface area contributed by atoms with Gasteiger partial charge in [-0.25, -0.2) is 14.4 Å². The van der Waals surface area contributed by atoms with E-state index in [1.54, 1.807) is 36.4 Å². The minimum Gasteiger partial charge on any atom is -0.347 e. The maximum Gasteiger partial charge on any atom is 0.270 e. The normalized spacial score (nSPS) is 10.4. The summed E-state index contributed by atoms with van der Waals surface area (Å²) in [6.07, 6.45) is 1.45. The van der Waals surface area contributed by atoms with Crippen LogP contribution in [0.3, 0.4) is 0 Å². The van der Waals surface area contributed by atoms with E-state index in [1.165, 1.54) is 18.3 Å². The van der Waals surface area contributed by atoms with Gasteiger partial charge in [0.2, 0.25) is 5.95 Å². The van der Waals surface area contributed by atoms with Gasteiger partial charge in [0.25, 0.3) is 5.91 Å². The molecule has 0 saturated carbocycles. The van der Waals surface area contributed by atoms with E-state index in [2.05, 4.69) is 20.6 Å². The third kappa shape index (κ3) is 4.47. The second-order valence-corrected chi connectivity index (χ2v) is 6.11. The number of hydrogen-bond donors (Lipinski definition) is 2. The molecule has 0 radical (unpaired) electrons. The molecule has 0 aliphatic rings. The average Bonchev–Trinajstić information content (AvgIpc) is 2.64. The molecule has 1 amide bonds. The Balaban J connectivity index is 1.69. The Morgan fingerprint density at radius 3 is 2.65 bits per heavy atom. The fourth-order valence-electron chi connectivity index (χ4n) is 2.16. The van der Waals surface area contributed by atoms with Gasteiger partial charge in [-0.05, 0) is 30.3 Å². The van der Waals surface area contributed by atoms with Crippen LogP contribution < -0.4 is 10.6 Å². The van der Waals surface area contributed by atoms with E-state index in [9.17, 15) is 9.18 Å². The van der Waals surface area contributed by atoms with Gasteiger partial charge in [-0.2, -0.15) is 0 Å². The SMILES string of the molecule is O=C(NCc1ccccc1F)c1ccnc(Nc2ccc(Cl)c(Cl)c2)n1. The van der Waals surface area contributed by atoms with Crippen LogP contribution in [0.5, 0.6) is 0 Å². The molecule has 0 fully saturated rings. The molecule has 0 aliphatic carbocycles. The first-order valence-electron chi connectivity index (χ1n) is 7.59. The first-order valence-corrected chi connectivity index (χ1v) is 8.35. The van der Waals surface area contributed by atoms with Crippen molar-refractivity contribution in [1.82, 2.24) is 15.3 Å². The molecule has 0 aliphatic heterocycles. The Morgan fingerprint density at radius 2 is 1.88 bits per heavy atom. The summed E-state index contributed by atoms with van der Waals surface area (Å²) < 4.78 is 13.6. The molecular formula is C18H13Cl2FN4O. The van der Waals surface area contributed by atoms with E-state index in [1.807, 2.05) is 0 Å². The van der Waals surface area contributed by atoms with Crippen molar-refractivity contribution >= 4 is 40.7 Å². The molecule has 5 nitrogen and oxygen atoms in total. The van der Waals surface area contributed by atoms with E-state index in [4.69, 9.17) is 23.2 Å². The minimum atomic E-state index is -0.437. The molecule has 0 bridgehead atoms. The van der Waals surface area contributed by atoms with Crippen LogP contribution in [-0.2, 0) is 6.54 Å². The number of nitrogens with one attached hydrogen (secondary N) is 2. The van der Waals surface area contributed by atoms with E-state index in [-0.39, 0.29) is 24.0 Å². The molecule has 3 aromatic rings. The number of carbonyl (C=O) groups is 1. The number of nitrogens with zero attached hydrogens (tertiary/aromatic N) is 2. The van der Waals surface area contributed by atoms with Gasteiger partial charge in [-0.1, -0.05) is 41.4 Å². The van der Waals surface area contributed by atoms with Crippen molar-refractivity contribution in [2.75, 3.05) is 5.32 Å². The van der Waals surface area contributed by atoms with Crippen molar-refractivity contribution in [3.8, 4) is 0 Å². The lowest BCUT2D eigenvalue weighted by atomic mass is 10.2. The summed E-state index contributed by atoms with van der Waals surface area (Å²) in [6, 6.07) is 12.7. The number of aromatic nitrogens is 2. The summed E-state index contributed by atoms with van der Waals surface area (Å²) in [5.74, 6) is -0.591. The number of hydrogen-bond acceptors (Lipinski definition) is 4. The Hall–Kier alpha value is -2.70. The number of anilines is 2. The van der Waals surface area contributed by atoms with Gasteiger partial charge in [-0.15, -0.1) is 0 Å². The van der Waals surface area contributed by atoms with Gasteiger partial charge >= 0.3 is 0 Å². The third-order valence-electron chi connectivity index (χ3n) is 3.46. The zero-order chi connectivity index (χ0) is 18.5. The lowest BCUT2D eigenvalue weighted by molar-refractivity contribution is 0.0945. The van der Waals surface area contributed by atoms with E-state index >= 15 is 0 Å². The average molecular weight is 391 g/mol. The summed E-state index contributed by atoms with van der Waals surface area (Å²) in [6.45, 7) is 0.0606. The van der Waals surface area contributed by atoms with Crippen molar-refractivity contribution < 1.29 is 9.18 Å². The Morgan fingerprint density at radius 1 is 1.08 bits per heavy atom. The van der Waals surface area contributed by atoms with Crippen LogP contribution in [0.25, 0.3) is 0 Å². The molecule has 0 saturated heterocycles. The van der Waals surface area contributed by atoms with E-state index < -0.39 is 5.91 Å². The monoisotopic (exact) mass is 390 g/mol. The van der Waals surface area contributed by atoms with Crippen molar-refractivity contribution in [1.29, 1.82) is 0 Å². The van der Waals surface area contributed by atoms with E-state index in [0.717, 1.165) is 0 Å². The number of rotatable bonds is 5. The highest BCUT2D eigenvalue weighted by Gasteiger charge is 2.10. The quantitative estimate of drug-likeness (QED) is 0.668. The van der Waals surface area contributed by atoms with Gasteiger partial charge in [0.15, 0.2) is 0 Å².